The molecule has 6 aromatic rings. The lowest BCUT2D eigenvalue weighted by molar-refractivity contribution is -0.105. The van der Waals surface area contributed by atoms with Crippen molar-refractivity contribution in [2.75, 3.05) is 0 Å². The van der Waals surface area contributed by atoms with Gasteiger partial charge in [0.15, 0.2) is 11.6 Å². The van der Waals surface area contributed by atoms with Crippen LogP contribution in [-0.4, -0.2) is 31.3 Å². The Bertz CT molecular complexity index is 3290. The smallest absolute Gasteiger partial charge is 0.258 e. The van der Waals surface area contributed by atoms with Crippen molar-refractivity contribution in [1.29, 1.82) is 0 Å². The van der Waals surface area contributed by atoms with Gasteiger partial charge in [-0.2, -0.15) is 0 Å². The Morgan fingerprint density at radius 2 is 1.40 bits per heavy atom. The van der Waals surface area contributed by atoms with Gasteiger partial charge >= 0.3 is 0 Å². The number of nitrogens with zero attached hydrogens (tertiary/aromatic N) is 4. The predicted octanol–water partition coefficient (Wildman–Crippen LogP) is 10.7. The van der Waals surface area contributed by atoms with Gasteiger partial charge in [-0.3, -0.25) is 9.59 Å². The number of aryl methyl sites for hydroxylation is 1. The van der Waals surface area contributed by atoms with E-state index in [1.165, 1.54) is 6.07 Å². The Hall–Kier alpha value is -6.09. The summed E-state index contributed by atoms with van der Waals surface area (Å²) in [4.78, 5) is 36.9. The molecule has 356 valence electrons. The maximum absolute atomic E-state index is 14.8. The topological polar surface area (TPSA) is 133 Å². The van der Waals surface area contributed by atoms with Crippen LogP contribution in [-0.2, 0) is 62.9 Å². The fraction of sp³-hybridized carbons (Fsp3) is 0.407. The largest absolute Gasteiger partial charge is 0.494 e. The van der Waals surface area contributed by atoms with Crippen LogP contribution in [0.3, 0.4) is 0 Å². The van der Waals surface area contributed by atoms with Crippen molar-refractivity contribution < 1.29 is 32.1 Å². The number of fused-ring (bicyclic) bond motifs is 10. The molecule has 0 unspecified atom stereocenters. The second kappa shape index (κ2) is 16.8. The average molecular weight is 930 g/mol. The summed E-state index contributed by atoms with van der Waals surface area (Å²) >= 11 is 0. The van der Waals surface area contributed by atoms with Crippen LogP contribution in [0.2, 0.25) is 0 Å². The van der Waals surface area contributed by atoms with Crippen molar-refractivity contribution in [2.24, 2.45) is 5.73 Å². The number of aromatic nitrogens is 4. The first-order valence-electron chi connectivity index (χ1n) is 23.1. The van der Waals surface area contributed by atoms with E-state index in [1.807, 2.05) is 60.6 Å². The van der Waals surface area contributed by atoms with E-state index in [9.17, 15) is 22.8 Å². The molecule has 0 spiro atoms. The number of benzene rings is 2. The molecular weight excluding hydrogens is 872 g/mol. The zero-order valence-corrected chi connectivity index (χ0v) is 38.9. The molecule has 4 aliphatic heterocycles. The van der Waals surface area contributed by atoms with Crippen molar-refractivity contribution in [3.05, 3.63) is 149 Å². The Morgan fingerprint density at radius 3 is 2.09 bits per heavy atom. The molecule has 0 bridgehead atoms. The number of ether oxygens (including phenoxy) is 4. The van der Waals surface area contributed by atoms with Gasteiger partial charge in [-0.25, -0.2) is 23.1 Å². The van der Waals surface area contributed by atoms with Gasteiger partial charge in [0.1, 0.15) is 36.0 Å². The fourth-order valence-electron chi connectivity index (χ4n) is 11.2. The van der Waals surface area contributed by atoms with E-state index in [2.05, 4.69) is 18.1 Å². The summed E-state index contributed by atoms with van der Waals surface area (Å²) < 4.78 is 70.3. The molecule has 8 heterocycles. The molecule has 68 heavy (non-hydrogen) atoms. The lowest BCUT2D eigenvalue weighted by atomic mass is 9.82. The van der Waals surface area contributed by atoms with E-state index in [1.54, 1.807) is 15.2 Å². The van der Waals surface area contributed by atoms with Gasteiger partial charge in [0.2, 0.25) is 0 Å². The number of nitrogens with two attached hydrogens (primary N) is 1. The summed E-state index contributed by atoms with van der Waals surface area (Å²) in [6.45, 7) is 22.8. The van der Waals surface area contributed by atoms with Gasteiger partial charge in [0.05, 0.1) is 76.0 Å². The number of hydrogen-bond acceptors (Lipinski definition) is 9. The fourth-order valence-corrected chi connectivity index (χ4v) is 11.2. The van der Waals surface area contributed by atoms with Crippen LogP contribution >= 0.6 is 0 Å². The van der Waals surface area contributed by atoms with Crippen molar-refractivity contribution in [3.63, 3.8) is 0 Å². The van der Waals surface area contributed by atoms with Crippen LogP contribution < -0.4 is 16.9 Å². The molecule has 1 aliphatic carbocycles. The van der Waals surface area contributed by atoms with Crippen LogP contribution in [0.4, 0.5) is 13.2 Å². The van der Waals surface area contributed by atoms with E-state index in [4.69, 9.17) is 29.7 Å². The highest BCUT2D eigenvalue weighted by Crippen LogP contribution is 2.48. The summed E-state index contributed by atoms with van der Waals surface area (Å²) in [5.74, 6) is -1.04. The Morgan fingerprint density at radius 1 is 0.779 bits per heavy atom. The summed E-state index contributed by atoms with van der Waals surface area (Å²) in [7, 11) is 0. The summed E-state index contributed by atoms with van der Waals surface area (Å²) in [6.07, 6.45) is 2.93. The van der Waals surface area contributed by atoms with E-state index in [0.29, 0.717) is 99.8 Å². The third-order valence-electron chi connectivity index (χ3n) is 14.3. The first-order chi connectivity index (χ1) is 31.9. The maximum atomic E-state index is 14.8. The first-order valence-corrected chi connectivity index (χ1v) is 23.1. The van der Waals surface area contributed by atoms with Gasteiger partial charge in [-0.1, -0.05) is 34.4 Å². The standard InChI is InChI=1S/C28H30FN3O3.C25H24F2N2O3.CH4/c1-6-28(35-13(2)3)15(5)34-12-18-19(28)9-23-26-17(11-32(23)27(18)33)24-21(30)8-7-16-14(4)20(29)10-22(31-26)25(16)24;1-5-25(32-13(2)3)10-14(4)31-12-17-18(25)8-22-23-16(11-29(22)24(17)30)6-15-7-19(26)20(27)9-21(15)28-23;/h9-10,13,21H,5-8,11-12,30H2,1-4H3;6-9,13H,4-5,10-12H2,1-3H3;1H4/t21-,28+;25-;/m01./s1. The van der Waals surface area contributed by atoms with Gasteiger partial charge < -0.3 is 33.8 Å². The molecule has 5 aliphatic rings. The number of rotatable bonds is 6. The second-order valence-corrected chi connectivity index (χ2v) is 19.0. The van der Waals surface area contributed by atoms with Gasteiger partial charge in [0.25, 0.3) is 11.1 Å². The monoisotopic (exact) mass is 929 g/mol. The molecule has 0 amide bonds. The SMILES string of the molecule is C.C=C1C[C@@](CC)(OC(C)C)c2cc3n(c(=O)c2CO1)Cc1cc2cc(F)c(F)cc2nc1-3.C=C1OCc2c(cc3n(c2=O)Cc2c-3nc3cc(F)c(C)c4c3c2[C@@H](N)CC4)[C@]1(CC)OC(C)C. The van der Waals surface area contributed by atoms with E-state index in [-0.39, 0.29) is 55.8 Å². The molecule has 0 saturated carbocycles. The van der Waals surface area contributed by atoms with Crippen LogP contribution in [0, 0.1) is 24.4 Å². The molecular formula is C54H58F3N5O6. The van der Waals surface area contributed by atoms with Crippen LogP contribution in [0.1, 0.15) is 131 Å². The van der Waals surface area contributed by atoms with E-state index >= 15 is 0 Å². The highest BCUT2D eigenvalue weighted by Gasteiger charge is 2.46. The second-order valence-electron chi connectivity index (χ2n) is 19.0. The van der Waals surface area contributed by atoms with Gasteiger partial charge in [-0.15, -0.1) is 0 Å². The number of hydrogen-bond donors (Lipinski definition) is 1. The molecule has 2 aromatic carbocycles. The molecule has 11 rings (SSSR count). The zero-order valence-electron chi connectivity index (χ0n) is 38.9. The number of pyridine rings is 4. The summed E-state index contributed by atoms with van der Waals surface area (Å²) in [5.41, 5.74) is 15.4. The lowest BCUT2D eigenvalue weighted by Gasteiger charge is -2.41. The summed E-state index contributed by atoms with van der Waals surface area (Å²) in [6, 6.07) is 9.27. The molecule has 4 aromatic heterocycles. The van der Waals surface area contributed by atoms with Crippen LogP contribution in [0.5, 0.6) is 0 Å². The zero-order chi connectivity index (χ0) is 47.6. The van der Waals surface area contributed by atoms with E-state index in [0.717, 1.165) is 63.7 Å². The van der Waals surface area contributed by atoms with Crippen molar-refractivity contribution >= 4 is 21.8 Å². The van der Waals surface area contributed by atoms with Gasteiger partial charge in [-0.05, 0) is 107 Å². The third kappa shape index (κ3) is 7.04. The van der Waals surface area contributed by atoms with Crippen molar-refractivity contribution in [1.82, 2.24) is 19.1 Å². The Labute approximate surface area is 393 Å². The third-order valence-corrected chi connectivity index (χ3v) is 14.3. The Kier molecular flexibility index (Phi) is 11.6. The molecule has 3 atom stereocenters. The predicted molar refractivity (Wildman–Crippen MR) is 257 cm³/mol. The molecule has 0 radical (unpaired) electrons. The van der Waals surface area contributed by atoms with Crippen LogP contribution in [0.25, 0.3) is 44.6 Å². The molecule has 2 N–H and O–H groups in total. The normalized spacial score (nSPS) is 20.6. The average Bonchev–Trinajstić information content (AvgIpc) is 3.79. The molecule has 0 saturated heterocycles. The van der Waals surface area contributed by atoms with Crippen molar-refractivity contribution in [2.45, 2.75) is 144 Å². The van der Waals surface area contributed by atoms with E-state index < -0.39 is 22.8 Å². The quantitative estimate of drug-likeness (QED) is 0.173. The minimum absolute atomic E-state index is 0. The van der Waals surface area contributed by atoms with Crippen LogP contribution in [0.15, 0.2) is 70.7 Å². The minimum Gasteiger partial charge on any atom is -0.494 e. The molecule has 14 heteroatoms. The molecule has 0 fully saturated rings. The maximum Gasteiger partial charge on any atom is 0.258 e. The number of halogens is 3. The summed E-state index contributed by atoms with van der Waals surface area (Å²) in [5, 5.41) is 1.45. The highest BCUT2D eigenvalue weighted by molar-refractivity contribution is 5.93. The Balaban J connectivity index is 0.000000168. The van der Waals surface area contributed by atoms with Gasteiger partial charge in [0, 0.05) is 52.1 Å². The molecule has 11 nitrogen and oxygen atoms in total. The highest BCUT2D eigenvalue weighted by atomic mass is 19.2. The van der Waals surface area contributed by atoms with Crippen molar-refractivity contribution in [3.8, 4) is 22.8 Å². The lowest BCUT2D eigenvalue weighted by Crippen LogP contribution is -2.42. The minimum atomic E-state index is -0.951. The first kappa shape index (κ1) is 47.0.